The Morgan fingerprint density at radius 2 is 0.559 bits per heavy atom. The van der Waals surface area contributed by atoms with E-state index in [-0.39, 0.29) is 34.7 Å². The van der Waals surface area contributed by atoms with Crippen molar-refractivity contribution in [1.29, 1.82) is 0 Å². The molecule has 0 aliphatic heterocycles. The second-order valence-corrected chi connectivity index (χ2v) is 9.36. The minimum atomic E-state index is -0.657. The molecule has 0 amide bonds. The van der Waals surface area contributed by atoms with Gasteiger partial charge in [0.25, 0.3) is 0 Å². The van der Waals surface area contributed by atoms with E-state index >= 15 is 0 Å². The van der Waals surface area contributed by atoms with E-state index in [4.69, 9.17) is 10.2 Å². The average Bonchev–Trinajstić information content (AvgIpc) is 2.76. The van der Waals surface area contributed by atoms with Gasteiger partial charge in [-0.2, -0.15) is 0 Å². The van der Waals surface area contributed by atoms with Crippen molar-refractivity contribution in [2.45, 2.75) is 168 Å². The van der Waals surface area contributed by atoms with E-state index in [0.717, 1.165) is 25.7 Å². The Morgan fingerprint density at radius 3 is 0.735 bits per heavy atom. The Bertz CT molecular complexity index is 357. The van der Waals surface area contributed by atoms with Gasteiger partial charge < -0.3 is 10.2 Å². The van der Waals surface area contributed by atoms with E-state index < -0.39 is 11.9 Å². The van der Waals surface area contributed by atoms with Gasteiger partial charge in [0.2, 0.25) is 0 Å². The number of unbranched alkanes of at least 4 members (excludes halogenated alkanes) is 20. The van der Waals surface area contributed by atoms with Gasteiger partial charge in [-0.1, -0.05) is 142 Å². The maximum absolute atomic E-state index is 10.3. The topological polar surface area (TPSA) is 74.6 Å². The molecule has 4 nitrogen and oxygen atoms in total. The van der Waals surface area contributed by atoms with E-state index in [1.165, 1.54) is 116 Å². The second-order valence-electron chi connectivity index (χ2n) is 9.36. The first-order valence-electron chi connectivity index (χ1n) is 14.0. The van der Waals surface area contributed by atoms with Gasteiger partial charge in [0.05, 0.1) is 0 Å². The van der Waals surface area contributed by atoms with Crippen LogP contribution in [0.5, 0.6) is 0 Å². The first-order chi connectivity index (χ1) is 15.5. The van der Waals surface area contributed by atoms with Gasteiger partial charge in [0.15, 0.2) is 0 Å². The molecule has 0 aromatic carbocycles. The molecule has 6 heteroatoms. The van der Waals surface area contributed by atoms with Crippen molar-refractivity contribution in [2.75, 3.05) is 0 Å². The standard InChI is InChI=1S/2C14H28O2.2Al/c2*1-2-3-4-5-6-7-8-9-10-11-12-13-14(15)16;;/h2*2-13H2,1H3,(H,15,16);;/q;;2*+3. The first kappa shape index (κ1) is 41.1. The molecule has 0 saturated carbocycles. The van der Waals surface area contributed by atoms with Crippen molar-refractivity contribution < 1.29 is 19.8 Å². The summed E-state index contributed by atoms with van der Waals surface area (Å²) in [6, 6.07) is 0. The Hall–Kier alpha value is 0.00494. The van der Waals surface area contributed by atoms with Crippen LogP contribution in [0.3, 0.4) is 0 Å². The van der Waals surface area contributed by atoms with E-state index in [1.807, 2.05) is 0 Å². The molecule has 0 atom stereocenters. The number of rotatable bonds is 24. The minimum Gasteiger partial charge on any atom is -0.481 e. The van der Waals surface area contributed by atoms with E-state index in [9.17, 15) is 9.59 Å². The molecule has 34 heavy (non-hydrogen) atoms. The maximum Gasteiger partial charge on any atom is 3.00 e. The molecule has 0 radical (unpaired) electrons. The molecule has 0 rings (SSSR count). The van der Waals surface area contributed by atoms with Gasteiger partial charge in [-0.05, 0) is 12.8 Å². The molecule has 0 aromatic rings. The van der Waals surface area contributed by atoms with Gasteiger partial charge in [-0.25, -0.2) is 0 Å². The Balaban J connectivity index is -0.000000250. The number of hydrogen-bond donors (Lipinski definition) is 2. The summed E-state index contributed by atoms with van der Waals surface area (Å²) in [4.78, 5) is 20.5. The van der Waals surface area contributed by atoms with Crippen molar-refractivity contribution in [2.24, 2.45) is 0 Å². The van der Waals surface area contributed by atoms with E-state index in [0.29, 0.717) is 12.8 Å². The van der Waals surface area contributed by atoms with Crippen molar-refractivity contribution in [3.63, 3.8) is 0 Å². The molecule has 0 fully saturated rings. The molecular formula is C28H56Al2O4+6. The monoisotopic (exact) mass is 510 g/mol. The summed E-state index contributed by atoms with van der Waals surface area (Å²) < 4.78 is 0. The van der Waals surface area contributed by atoms with Gasteiger partial charge in [0.1, 0.15) is 0 Å². The molecule has 0 spiro atoms. The Morgan fingerprint density at radius 1 is 0.382 bits per heavy atom. The molecule has 0 heterocycles. The van der Waals surface area contributed by atoms with Crippen LogP contribution in [-0.2, 0) is 9.59 Å². The van der Waals surface area contributed by atoms with Gasteiger partial charge in [-0.15, -0.1) is 0 Å². The zero-order valence-electron chi connectivity index (χ0n) is 22.8. The van der Waals surface area contributed by atoms with Gasteiger partial charge in [-0.3, -0.25) is 9.59 Å². The van der Waals surface area contributed by atoms with Crippen LogP contribution in [0.4, 0.5) is 0 Å². The Kier molecular flexibility index (Phi) is 45.4. The molecular weight excluding hydrogens is 454 g/mol. The number of hydrogen-bond acceptors (Lipinski definition) is 2. The SMILES string of the molecule is CCCCCCCCCCCCCC(=O)O.CCCCCCCCCCCCCC(=O)O.[Al+3].[Al+3]. The molecule has 0 saturated heterocycles. The third-order valence-electron chi connectivity index (χ3n) is 5.99. The first-order valence-corrected chi connectivity index (χ1v) is 14.0. The van der Waals surface area contributed by atoms with Gasteiger partial charge >= 0.3 is 46.7 Å². The Labute approximate surface area is 233 Å². The molecule has 0 aliphatic carbocycles. The summed E-state index contributed by atoms with van der Waals surface area (Å²) in [5, 5.41) is 16.9. The number of carboxylic acid groups (broad SMARTS) is 2. The molecule has 0 aliphatic rings. The molecule has 0 unspecified atom stereocenters. The third kappa shape index (κ3) is 45.5. The summed E-state index contributed by atoms with van der Waals surface area (Å²) in [7, 11) is 0. The van der Waals surface area contributed by atoms with Crippen LogP contribution in [0.2, 0.25) is 0 Å². The summed E-state index contributed by atoms with van der Waals surface area (Å²) in [6.07, 6.45) is 28.7. The summed E-state index contributed by atoms with van der Waals surface area (Å²) >= 11 is 0. The summed E-state index contributed by atoms with van der Waals surface area (Å²) in [5.74, 6) is -1.31. The van der Waals surface area contributed by atoms with Crippen LogP contribution in [0, 0.1) is 0 Å². The van der Waals surface area contributed by atoms with Gasteiger partial charge in [0, 0.05) is 12.8 Å². The van der Waals surface area contributed by atoms with Crippen molar-refractivity contribution in [3.05, 3.63) is 0 Å². The zero-order chi connectivity index (χ0) is 24.1. The predicted molar refractivity (Wildman–Crippen MR) is 149 cm³/mol. The molecule has 2 N–H and O–H groups in total. The van der Waals surface area contributed by atoms with Crippen LogP contribution < -0.4 is 0 Å². The number of aliphatic carboxylic acids is 2. The fourth-order valence-electron chi connectivity index (χ4n) is 3.88. The van der Waals surface area contributed by atoms with Crippen molar-refractivity contribution in [3.8, 4) is 0 Å². The fraction of sp³-hybridized carbons (Fsp3) is 0.929. The number of carboxylic acids is 2. The van der Waals surface area contributed by atoms with Crippen LogP contribution in [0.15, 0.2) is 0 Å². The quantitative estimate of drug-likeness (QED) is 0.100. The largest absolute Gasteiger partial charge is 3.00 e. The maximum atomic E-state index is 10.3. The van der Waals surface area contributed by atoms with Crippen LogP contribution >= 0.6 is 0 Å². The third-order valence-corrected chi connectivity index (χ3v) is 5.99. The average molecular weight is 511 g/mol. The van der Waals surface area contributed by atoms with E-state index in [1.54, 1.807) is 0 Å². The smallest absolute Gasteiger partial charge is 0.481 e. The van der Waals surface area contributed by atoms with Crippen molar-refractivity contribution in [1.82, 2.24) is 0 Å². The zero-order valence-corrected chi connectivity index (χ0v) is 25.1. The van der Waals surface area contributed by atoms with Crippen LogP contribution in [0.25, 0.3) is 0 Å². The second kappa shape index (κ2) is 37.6. The fourth-order valence-corrected chi connectivity index (χ4v) is 3.88. The van der Waals surface area contributed by atoms with Crippen molar-refractivity contribution >= 4 is 46.7 Å². The summed E-state index contributed by atoms with van der Waals surface area (Å²) in [5.41, 5.74) is 0. The van der Waals surface area contributed by atoms with Crippen LogP contribution in [0.1, 0.15) is 168 Å². The van der Waals surface area contributed by atoms with E-state index in [2.05, 4.69) is 13.8 Å². The van der Waals surface area contributed by atoms with Crippen LogP contribution in [-0.4, -0.2) is 56.9 Å². The summed E-state index contributed by atoms with van der Waals surface area (Å²) in [6.45, 7) is 4.49. The molecule has 192 valence electrons. The molecule has 0 bridgehead atoms. The predicted octanol–water partition coefficient (Wildman–Crippen LogP) is 8.78. The normalized spacial score (nSPS) is 9.94. The molecule has 0 aromatic heterocycles. The minimum absolute atomic E-state index is 0. The number of carbonyl (C=O) groups is 2.